The van der Waals surface area contributed by atoms with Crippen molar-refractivity contribution in [2.75, 3.05) is 20.8 Å². The Labute approximate surface area is 167 Å². The third kappa shape index (κ3) is 4.22. The maximum Gasteiger partial charge on any atom is 0.287 e. The van der Waals surface area contributed by atoms with Gasteiger partial charge in [0.15, 0.2) is 5.76 Å². The summed E-state index contributed by atoms with van der Waals surface area (Å²) in [7, 11) is 3.13. The number of nitrogens with one attached hydrogen (secondary N) is 1. The van der Waals surface area contributed by atoms with Crippen LogP contribution in [0.1, 0.15) is 21.9 Å². The average Bonchev–Trinajstić information content (AvgIpc) is 3.38. The SMILES string of the molecule is COCc1ccc(C(=O)NCC2Cc3cc(-c4ccc(OC)nn4)ccc3O2)o1. The smallest absolute Gasteiger partial charge is 0.287 e. The summed E-state index contributed by atoms with van der Waals surface area (Å²) in [5.41, 5.74) is 2.78. The van der Waals surface area contributed by atoms with E-state index in [-0.39, 0.29) is 17.8 Å². The molecule has 0 fully saturated rings. The first-order valence-electron chi connectivity index (χ1n) is 9.20. The predicted octanol–water partition coefficient (Wildman–Crippen LogP) is 2.63. The van der Waals surface area contributed by atoms with E-state index in [9.17, 15) is 4.79 Å². The first-order valence-corrected chi connectivity index (χ1v) is 9.20. The topological polar surface area (TPSA) is 95.7 Å². The van der Waals surface area contributed by atoms with Crippen LogP contribution in [0.4, 0.5) is 0 Å². The van der Waals surface area contributed by atoms with Crippen LogP contribution in [0, 0.1) is 0 Å². The van der Waals surface area contributed by atoms with E-state index in [0.29, 0.717) is 31.2 Å². The predicted molar refractivity (Wildman–Crippen MR) is 104 cm³/mol. The summed E-state index contributed by atoms with van der Waals surface area (Å²) >= 11 is 0. The van der Waals surface area contributed by atoms with Crippen molar-refractivity contribution in [1.82, 2.24) is 15.5 Å². The first kappa shape index (κ1) is 18.9. The Morgan fingerprint density at radius 3 is 2.83 bits per heavy atom. The van der Waals surface area contributed by atoms with Crippen LogP contribution >= 0.6 is 0 Å². The molecule has 0 saturated heterocycles. The summed E-state index contributed by atoms with van der Waals surface area (Å²) < 4.78 is 21.4. The molecular weight excluding hydrogens is 374 g/mol. The van der Waals surface area contributed by atoms with E-state index in [1.165, 1.54) is 0 Å². The molecule has 3 heterocycles. The highest BCUT2D eigenvalue weighted by molar-refractivity contribution is 5.91. The Morgan fingerprint density at radius 1 is 1.17 bits per heavy atom. The number of methoxy groups -OCH3 is 2. The number of carbonyl (C=O) groups excluding carboxylic acids is 1. The van der Waals surface area contributed by atoms with Gasteiger partial charge in [-0.3, -0.25) is 4.79 Å². The largest absolute Gasteiger partial charge is 0.488 e. The number of carbonyl (C=O) groups is 1. The number of aromatic nitrogens is 2. The molecule has 0 saturated carbocycles. The molecule has 1 aliphatic rings. The maximum absolute atomic E-state index is 12.3. The number of fused-ring (bicyclic) bond motifs is 1. The number of hydrogen-bond donors (Lipinski definition) is 1. The van der Waals surface area contributed by atoms with E-state index in [1.54, 1.807) is 32.4 Å². The Bertz CT molecular complexity index is 1000. The second-order valence-corrected chi connectivity index (χ2v) is 6.64. The molecule has 0 spiro atoms. The molecule has 2 aromatic heterocycles. The van der Waals surface area contributed by atoms with Crippen LogP contribution < -0.4 is 14.8 Å². The van der Waals surface area contributed by atoms with E-state index < -0.39 is 0 Å². The van der Waals surface area contributed by atoms with Gasteiger partial charge < -0.3 is 23.9 Å². The molecule has 150 valence electrons. The Kier molecular flexibility index (Phi) is 5.44. The second kappa shape index (κ2) is 8.32. The van der Waals surface area contributed by atoms with Crippen molar-refractivity contribution in [3.63, 3.8) is 0 Å². The number of amides is 1. The summed E-state index contributed by atoms with van der Waals surface area (Å²) in [5, 5.41) is 11.0. The summed E-state index contributed by atoms with van der Waals surface area (Å²) in [6, 6.07) is 12.9. The minimum Gasteiger partial charge on any atom is -0.488 e. The van der Waals surface area contributed by atoms with Gasteiger partial charge in [0, 0.05) is 25.2 Å². The summed E-state index contributed by atoms with van der Waals surface area (Å²) in [6.07, 6.45) is 0.555. The summed E-state index contributed by atoms with van der Waals surface area (Å²) in [6.45, 7) is 0.709. The lowest BCUT2D eigenvalue weighted by atomic mass is 10.0. The fourth-order valence-corrected chi connectivity index (χ4v) is 3.19. The van der Waals surface area contributed by atoms with Crippen molar-refractivity contribution in [2.45, 2.75) is 19.1 Å². The van der Waals surface area contributed by atoms with Crippen molar-refractivity contribution >= 4 is 5.91 Å². The lowest BCUT2D eigenvalue weighted by molar-refractivity contribution is 0.0897. The van der Waals surface area contributed by atoms with Gasteiger partial charge in [-0.1, -0.05) is 0 Å². The van der Waals surface area contributed by atoms with Gasteiger partial charge >= 0.3 is 0 Å². The van der Waals surface area contributed by atoms with Crippen LogP contribution in [0.5, 0.6) is 11.6 Å². The number of rotatable bonds is 7. The molecule has 4 rings (SSSR count). The summed E-state index contributed by atoms with van der Waals surface area (Å²) in [4.78, 5) is 12.3. The molecule has 8 nitrogen and oxygen atoms in total. The number of benzene rings is 1. The quantitative estimate of drug-likeness (QED) is 0.657. The highest BCUT2D eigenvalue weighted by Gasteiger charge is 2.24. The first-order chi connectivity index (χ1) is 14.2. The number of furan rings is 1. The maximum atomic E-state index is 12.3. The van der Waals surface area contributed by atoms with Crippen molar-refractivity contribution < 1.29 is 23.4 Å². The number of ether oxygens (including phenoxy) is 3. The van der Waals surface area contributed by atoms with Crippen LogP contribution in [0.25, 0.3) is 11.3 Å². The zero-order valence-corrected chi connectivity index (χ0v) is 16.2. The minimum atomic E-state index is -0.277. The van der Waals surface area contributed by atoms with Crippen LogP contribution in [0.15, 0.2) is 46.9 Å². The Balaban J connectivity index is 1.36. The standard InChI is InChI=1S/C21H21N3O5/c1-26-12-15-4-7-19(28-15)21(25)22-11-16-10-14-9-13(3-6-18(14)29-16)17-5-8-20(27-2)24-23-17/h3-9,16H,10-12H2,1-2H3,(H,22,25). The molecule has 1 aromatic carbocycles. The number of nitrogens with zero attached hydrogens (tertiary/aromatic N) is 2. The van der Waals surface area contributed by atoms with Crippen molar-refractivity contribution in [3.05, 3.63) is 59.5 Å². The zero-order valence-electron chi connectivity index (χ0n) is 16.2. The third-order valence-corrected chi connectivity index (χ3v) is 4.61. The van der Waals surface area contributed by atoms with Crippen molar-refractivity contribution in [2.24, 2.45) is 0 Å². The fraction of sp³-hybridized carbons (Fsp3) is 0.286. The molecule has 8 heteroatoms. The molecular formula is C21H21N3O5. The molecule has 29 heavy (non-hydrogen) atoms. The zero-order chi connectivity index (χ0) is 20.2. The van der Waals surface area contributed by atoms with E-state index in [2.05, 4.69) is 15.5 Å². The Hall–Kier alpha value is -3.39. The van der Waals surface area contributed by atoms with Crippen LogP contribution in [-0.2, 0) is 17.8 Å². The van der Waals surface area contributed by atoms with Gasteiger partial charge in [-0.15, -0.1) is 10.2 Å². The molecule has 0 aliphatic carbocycles. The van der Waals surface area contributed by atoms with Crippen LogP contribution in [0.2, 0.25) is 0 Å². The molecule has 1 atom stereocenters. The van der Waals surface area contributed by atoms with Gasteiger partial charge in [-0.2, -0.15) is 0 Å². The lowest BCUT2D eigenvalue weighted by Gasteiger charge is -2.11. The Morgan fingerprint density at radius 2 is 2.07 bits per heavy atom. The molecule has 1 N–H and O–H groups in total. The highest BCUT2D eigenvalue weighted by Crippen LogP contribution is 2.32. The fourth-order valence-electron chi connectivity index (χ4n) is 3.19. The molecule has 0 bridgehead atoms. The van der Waals surface area contributed by atoms with Gasteiger partial charge in [-0.05, 0) is 42.0 Å². The molecule has 1 unspecified atom stereocenters. The van der Waals surface area contributed by atoms with Gasteiger partial charge in [-0.25, -0.2) is 0 Å². The van der Waals surface area contributed by atoms with Crippen LogP contribution in [0.3, 0.4) is 0 Å². The van der Waals surface area contributed by atoms with Crippen molar-refractivity contribution in [1.29, 1.82) is 0 Å². The van der Waals surface area contributed by atoms with Crippen molar-refractivity contribution in [3.8, 4) is 22.9 Å². The van der Waals surface area contributed by atoms with Gasteiger partial charge in [0.25, 0.3) is 5.91 Å². The molecule has 3 aromatic rings. The third-order valence-electron chi connectivity index (χ3n) is 4.61. The molecule has 1 aliphatic heterocycles. The monoisotopic (exact) mass is 395 g/mol. The van der Waals surface area contributed by atoms with E-state index in [4.69, 9.17) is 18.6 Å². The highest BCUT2D eigenvalue weighted by atomic mass is 16.5. The second-order valence-electron chi connectivity index (χ2n) is 6.64. The normalized spacial score (nSPS) is 14.9. The van der Waals surface area contributed by atoms with Gasteiger partial charge in [0.05, 0.1) is 19.3 Å². The summed E-state index contributed by atoms with van der Waals surface area (Å²) in [5.74, 6) is 1.88. The van der Waals surface area contributed by atoms with E-state index in [1.807, 2.05) is 24.3 Å². The lowest BCUT2D eigenvalue weighted by Crippen LogP contribution is -2.34. The minimum absolute atomic E-state index is 0.139. The average molecular weight is 395 g/mol. The van der Waals surface area contributed by atoms with E-state index >= 15 is 0 Å². The van der Waals surface area contributed by atoms with Gasteiger partial charge in [0.1, 0.15) is 24.2 Å². The number of hydrogen-bond acceptors (Lipinski definition) is 7. The van der Waals surface area contributed by atoms with Crippen LogP contribution in [-0.4, -0.2) is 43.0 Å². The van der Waals surface area contributed by atoms with Gasteiger partial charge in [0.2, 0.25) is 5.88 Å². The van der Waals surface area contributed by atoms with E-state index in [0.717, 1.165) is 22.6 Å². The molecule has 1 amide bonds. The molecule has 0 radical (unpaired) electrons.